The fraction of sp³-hybridized carbons (Fsp3) is 0.393. The molecule has 0 saturated carbocycles. The molecular formula is C28H32N4O9. The van der Waals surface area contributed by atoms with E-state index in [4.69, 9.17) is 14.3 Å². The van der Waals surface area contributed by atoms with Crippen molar-refractivity contribution in [1.82, 2.24) is 15.7 Å². The molecule has 0 spiro atoms. The average molecular weight is 569 g/mol. The van der Waals surface area contributed by atoms with E-state index in [1.54, 1.807) is 44.2 Å². The fourth-order valence-electron chi connectivity index (χ4n) is 4.54. The maximum Gasteiger partial charge on any atom is 0.328 e. The highest BCUT2D eigenvalue weighted by molar-refractivity contribution is 6.01. The van der Waals surface area contributed by atoms with E-state index >= 15 is 0 Å². The maximum atomic E-state index is 13.0. The number of phenolic OH excluding ortho intramolecular Hbond substituents is 2. The molecule has 0 aliphatic carbocycles. The third kappa shape index (κ3) is 6.57. The van der Waals surface area contributed by atoms with Crippen molar-refractivity contribution in [2.75, 3.05) is 13.7 Å². The van der Waals surface area contributed by atoms with Crippen LogP contribution in [0.3, 0.4) is 0 Å². The number of para-hydroxylation sites is 2. The second kappa shape index (κ2) is 12.7. The van der Waals surface area contributed by atoms with Crippen LogP contribution in [0, 0.1) is 0 Å². The Balaban J connectivity index is 1.33. The maximum absolute atomic E-state index is 13.0. The lowest BCUT2D eigenvalue weighted by atomic mass is 10.1. The number of esters is 1. The third-order valence-corrected chi connectivity index (χ3v) is 6.77. The molecule has 4 rings (SSSR count). The number of nitrogens with one attached hydrogen (secondary N) is 2. The summed E-state index contributed by atoms with van der Waals surface area (Å²) in [6.45, 7) is 3.35. The normalized spacial score (nSPS) is 22.5. The van der Waals surface area contributed by atoms with Gasteiger partial charge in [-0.05, 0) is 51.0 Å². The highest BCUT2D eigenvalue weighted by atomic mass is 16.7. The molecule has 2 aromatic rings. The summed E-state index contributed by atoms with van der Waals surface area (Å²) in [5, 5.41) is 26.3. The van der Waals surface area contributed by atoms with Crippen molar-refractivity contribution < 1.29 is 43.7 Å². The molecule has 5 atom stereocenters. The number of nitrogens with zero attached hydrogens (tertiary/aromatic N) is 2. The number of hydroxylamine groups is 2. The molecule has 41 heavy (non-hydrogen) atoms. The van der Waals surface area contributed by atoms with Crippen molar-refractivity contribution in [3.05, 3.63) is 59.7 Å². The van der Waals surface area contributed by atoms with Gasteiger partial charge in [-0.25, -0.2) is 14.9 Å². The lowest BCUT2D eigenvalue weighted by Gasteiger charge is -2.20. The lowest BCUT2D eigenvalue weighted by Crippen LogP contribution is -2.48. The Hall–Kier alpha value is -4.65. The number of hydrogen-bond donors (Lipinski definition) is 4. The summed E-state index contributed by atoms with van der Waals surface area (Å²) in [7, 11) is 1.20. The van der Waals surface area contributed by atoms with Crippen LogP contribution in [0.5, 0.6) is 11.5 Å². The number of hydrogen-bond acceptors (Lipinski definition) is 10. The molecule has 2 aromatic carbocycles. The van der Waals surface area contributed by atoms with Gasteiger partial charge in [0.05, 0.1) is 18.2 Å². The zero-order valence-electron chi connectivity index (χ0n) is 22.8. The summed E-state index contributed by atoms with van der Waals surface area (Å²) in [4.78, 5) is 60.9. The Bertz CT molecular complexity index is 1350. The van der Waals surface area contributed by atoms with Crippen molar-refractivity contribution in [2.24, 2.45) is 4.99 Å². The second-order valence-corrected chi connectivity index (χ2v) is 9.66. The zero-order chi connectivity index (χ0) is 29.7. The minimum Gasteiger partial charge on any atom is -0.507 e. The molecule has 0 bridgehead atoms. The van der Waals surface area contributed by atoms with E-state index in [9.17, 15) is 29.4 Å². The van der Waals surface area contributed by atoms with E-state index in [1.165, 1.54) is 25.3 Å². The monoisotopic (exact) mass is 568 g/mol. The summed E-state index contributed by atoms with van der Waals surface area (Å²) in [5.41, 5.74) is 0.375. The average Bonchev–Trinajstić information content (AvgIpc) is 3.46. The molecule has 5 unspecified atom stereocenters. The highest BCUT2D eigenvalue weighted by Crippen LogP contribution is 2.25. The molecule has 2 heterocycles. The van der Waals surface area contributed by atoms with Gasteiger partial charge < -0.3 is 30.3 Å². The Labute approximate surface area is 236 Å². The van der Waals surface area contributed by atoms with Gasteiger partial charge in [0.2, 0.25) is 11.8 Å². The van der Waals surface area contributed by atoms with E-state index in [2.05, 4.69) is 15.6 Å². The van der Waals surface area contributed by atoms with E-state index in [1.807, 2.05) is 0 Å². The SMILES string of the molecule is COC(=O)C(CCCN1OC(C)C(NC(=O)c2ccccc2O)C1=O)NC(=O)C1N=C(c2ccccc2O)OC1C. The van der Waals surface area contributed by atoms with Crippen LogP contribution < -0.4 is 10.6 Å². The molecule has 13 heteroatoms. The molecule has 218 valence electrons. The number of amides is 3. The van der Waals surface area contributed by atoms with E-state index < -0.39 is 54.0 Å². The highest BCUT2D eigenvalue weighted by Gasteiger charge is 2.41. The van der Waals surface area contributed by atoms with Gasteiger partial charge in [0, 0.05) is 6.54 Å². The first-order valence-corrected chi connectivity index (χ1v) is 13.1. The largest absolute Gasteiger partial charge is 0.507 e. The van der Waals surface area contributed by atoms with Crippen LogP contribution in [0.4, 0.5) is 0 Å². The van der Waals surface area contributed by atoms with Crippen molar-refractivity contribution in [2.45, 2.75) is 57.0 Å². The minimum atomic E-state index is -1.03. The van der Waals surface area contributed by atoms with E-state index in [0.717, 1.165) is 5.06 Å². The summed E-state index contributed by atoms with van der Waals surface area (Å²) in [5.74, 6) is -2.48. The van der Waals surface area contributed by atoms with Crippen LogP contribution in [0.2, 0.25) is 0 Å². The number of phenols is 2. The van der Waals surface area contributed by atoms with Crippen molar-refractivity contribution >= 4 is 29.6 Å². The molecule has 0 radical (unpaired) electrons. The number of benzene rings is 2. The Morgan fingerprint density at radius 2 is 1.73 bits per heavy atom. The number of carbonyl (C=O) groups is 4. The Kier molecular flexibility index (Phi) is 9.07. The number of methoxy groups -OCH3 is 1. The van der Waals surface area contributed by atoms with Gasteiger partial charge in [0.1, 0.15) is 35.8 Å². The van der Waals surface area contributed by atoms with Gasteiger partial charge in [-0.15, -0.1) is 0 Å². The van der Waals surface area contributed by atoms with E-state index in [0.29, 0.717) is 5.56 Å². The molecule has 4 N–H and O–H groups in total. The Morgan fingerprint density at radius 1 is 1.05 bits per heavy atom. The molecule has 1 saturated heterocycles. The zero-order valence-corrected chi connectivity index (χ0v) is 22.8. The molecule has 1 fully saturated rings. The summed E-state index contributed by atoms with van der Waals surface area (Å²) in [6, 6.07) is 9.45. The lowest BCUT2D eigenvalue weighted by molar-refractivity contribution is -0.171. The summed E-state index contributed by atoms with van der Waals surface area (Å²) < 4.78 is 10.5. The number of rotatable bonds is 10. The molecule has 3 amide bonds. The van der Waals surface area contributed by atoms with Gasteiger partial charge in [-0.2, -0.15) is 0 Å². The number of aromatic hydroxyl groups is 2. The predicted octanol–water partition coefficient (Wildman–Crippen LogP) is 1.03. The predicted molar refractivity (Wildman–Crippen MR) is 144 cm³/mol. The first-order valence-electron chi connectivity index (χ1n) is 13.1. The standard InChI is InChI=1S/C28H32N4O9/c1-15-22(31-26(40-15)18-10-5-7-13-21(18)34)25(36)29-19(28(38)39-3)11-8-14-32-27(37)23(16(2)41-32)30-24(35)17-9-4-6-12-20(17)33/h4-7,9-10,12-13,15-16,19,22-23,33-34H,8,11,14H2,1-3H3,(H,29,36)(H,30,35). The van der Waals surface area contributed by atoms with Gasteiger partial charge >= 0.3 is 5.97 Å². The Morgan fingerprint density at radius 3 is 2.41 bits per heavy atom. The summed E-state index contributed by atoms with van der Waals surface area (Å²) in [6.07, 6.45) is -0.951. The van der Waals surface area contributed by atoms with Gasteiger partial charge in [0.15, 0.2) is 6.04 Å². The van der Waals surface area contributed by atoms with Crippen LogP contribution >= 0.6 is 0 Å². The quantitative estimate of drug-likeness (QED) is 0.305. The van der Waals surface area contributed by atoms with Crippen molar-refractivity contribution in [1.29, 1.82) is 0 Å². The molecular weight excluding hydrogens is 536 g/mol. The molecule has 2 aliphatic heterocycles. The van der Waals surface area contributed by atoms with Crippen LogP contribution in [0.15, 0.2) is 53.5 Å². The van der Waals surface area contributed by atoms with Crippen LogP contribution in [0.25, 0.3) is 0 Å². The fourth-order valence-corrected chi connectivity index (χ4v) is 4.54. The summed E-state index contributed by atoms with van der Waals surface area (Å²) >= 11 is 0. The molecule has 13 nitrogen and oxygen atoms in total. The van der Waals surface area contributed by atoms with E-state index in [-0.39, 0.29) is 42.3 Å². The van der Waals surface area contributed by atoms with Crippen LogP contribution in [-0.4, -0.2) is 88.9 Å². The van der Waals surface area contributed by atoms with Gasteiger partial charge in [-0.3, -0.25) is 19.2 Å². The minimum absolute atomic E-state index is 0.0293. The number of carbonyl (C=O) groups excluding carboxylic acids is 4. The van der Waals surface area contributed by atoms with Crippen LogP contribution in [-0.2, 0) is 28.7 Å². The molecule has 0 aromatic heterocycles. The third-order valence-electron chi connectivity index (χ3n) is 6.77. The number of ether oxygens (including phenoxy) is 2. The van der Waals surface area contributed by atoms with Crippen molar-refractivity contribution in [3.63, 3.8) is 0 Å². The van der Waals surface area contributed by atoms with Gasteiger partial charge in [0.25, 0.3) is 11.8 Å². The first-order chi connectivity index (χ1) is 19.6. The first kappa shape index (κ1) is 29.3. The van der Waals surface area contributed by atoms with Crippen LogP contribution in [0.1, 0.15) is 42.6 Å². The van der Waals surface area contributed by atoms with Crippen molar-refractivity contribution in [3.8, 4) is 11.5 Å². The molecule has 2 aliphatic rings. The second-order valence-electron chi connectivity index (χ2n) is 9.66. The number of aliphatic imine (C=N–C) groups is 1. The van der Waals surface area contributed by atoms with Gasteiger partial charge in [-0.1, -0.05) is 24.3 Å². The topological polar surface area (TPSA) is 176 Å². The smallest absolute Gasteiger partial charge is 0.328 e.